The molecule has 0 saturated carbocycles. The molecule has 3 heteroatoms. The van der Waals surface area contributed by atoms with Gasteiger partial charge in [0.2, 0.25) is 0 Å². The zero-order valence-electron chi connectivity index (χ0n) is 12.0. The Morgan fingerprint density at radius 1 is 1.00 bits per heavy atom. The SMILES string of the molecule is Cc1ccccc1[C@H](C)NC(C)c1ccc(F)cc1Cl. The molecule has 0 aromatic heterocycles. The highest BCUT2D eigenvalue weighted by atomic mass is 35.5. The van der Waals surface area contributed by atoms with E-state index in [1.807, 2.05) is 19.1 Å². The molecule has 0 bridgehead atoms. The molecule has 2 aromatic rings. The summed E-state index contributed by atoms with van der Waals surface area (Å²) >= 11 is 6.11. The second-order valence-electron chi connectivity index (χ2n) is 5.13. The number of hydrogen-bond donors (Lipinski definition) is 1. The van der Waals surface area contributed by atoms with Gasteiger partial charge in [-0.1, -0.05) is 41.9 Å². The van der Waals surface area contributed by atoms with E-state index in [4.69, 9.17) is 11.6 Å². The van der Waals surface area contributed by atoms with E-state index in [0.29, 0.717) is 5.02 Å². The first kappa shape index (κ1) is 15.0. The molecule has 2 aromatic carbocycles. The lowest BCUT2D eigenvalue weighted by molar-refractivity contribution is 0.492. The van der Waals surface area contributed by atoms with Crippen molar-refractivity contribution in [3.8, 4) is 0 Å². The van der Waals surface area contributed by atoms with E-state index in [-0.39, 0.29) is 17.9 Å². The molecule has 0 spiro atoms. The van der Waals surface area contributed by atoms with Gasteiger partial charge in [-0.3, -0.25) is 0 Å². The highest BCUT2D eigenvalue weighted by Crippen LogP contribution is 2.26. The van der Waals surface area contributed by atoms with Gasteiger partial charge in [-0.05, 0) is 49.6 Å². The Kier molecular flexibility index (Phi) is 4.79. The lowest BCUT2D eigenvalue weighted by atomic mass is 10.0. The predicted octanol–water partition coefficient (Wildman–Crippen LogP) is 5.20. The van der Waals surface area contributed by atoms with Crippen LogP contribution in [-0.4, -0.2) is 0 Å². The Bertz CT molecular complexity index is 597. The smallest absolute Gasteiger partial charge is 0.124 e. The summed E-state index contributed by atoms with van der Waals surface area (Å²) in [5.74, 6) is -0.307. The monoisotopic (exact) mass is 291 g/mol. The Balaban J connectivity index is 2.15. The average molecular weight is 292 g/mol. The minimum absolute atomic E-state index is 0.0534. The Labute approximate surface area is 124 Å². The predicted molar refractivity (Wildman–Crippen MR) is 82.6 cm³/mol. The minimum Gasteiger partial charge on any atom is -0.304 e. The van der Waals surface area contributed by atoms with Crippen LogP contribution in [0.3, 0.4) is 0 Å². The van der Waals surface area contributed by atoms with E-state index in [1.54, 1.807) is 6.07 Å². The van der Waals surface area contributed by atoms with Crippen LogP contribution in [0.25, 0.3) is 0 Å². The molecule has 0 aliphatic heterocycles. The van der Waals surface area contributed by atoms with Crippen LogP contribution in [0, 0.1) is 12.7 Å². The van der Waals surface area contributed by atoms with Gasteiger partial charge in [0.25, 0.3) is 0 Å². The van der Waals surface area contributed by atoms with E-state index in [9.17, 15) is 4.39 Å². The van der Waals surface area contributed by atoms with Crippen molar-refractivity contribution in [1.82, 2.24) is 5.32 Å². The van der Waals surface area contributed by atoms with Gasteiger partial charge in [0.15, 0.2) is 0 Å². The fourth-order valence-corrected chi connectivity index (χ4v) is 2.81. The van der Waals surface area contributed by atoms with Crippen LogP contribution in [0.1, 0.15) is 42.6 Å². The summed E-state index contributed by atoms with van der Waals surface area (Å²) in [6, 6.07) is 13.1. The summed E-state index contributed by atoms with van der Waals surface area (Å²) in [7, 11) is 0. The van der Waals surface area contributed by atoms with Crippen LogP contribution in [0.15, 0.2) is 42.5 Å². The molecule has 20 heavy (non-hydrogen) atoms. The van der Waals surface area contributed by atoms with Crippen LogP contribution >= 0.6 is 11.6 Å². The second kappa shape index (κ2) is 6.38. The first-order valence-electron chi connectivity index (χ1n) is 6.75. The van der Waals surface area contributed by atoms with Gasteiger partial charge in [0, 0.05) is 17.1 Å². The molecule has 1 nitrogen and oxygen atoms in total. The quantitative estimate of drug-likeness (QED) is 0.816. The first-order chi connectivity index (χ1) is 9.49. The molecule has 0 heterocycles. The fraction of sp³-hybridized carbons (Fsp3) is 0.294. The highest BCUT2D eigenvalue weighted by molar-refractivity contribution is 6.31. The molecule has 0 fully saturated rings. The van der Waals surface area contributed by atoms with Crippen molar-refractivity contribution in [3.63, 3.8) is 0 Å². The molecule has 1 unspecified atom stereocenters. The van der Waals surface area contributed by atoms with Crippen molar-refractivity contribution in [2.45, 2.75) is 32.9 Å². The third-order valence-corrected chi connectivity index (χ3v) is 3.91. The lowest BCUT2D eigenvalue weighted by Crippen LogP contribution is -2.23. The number of halogens is 2. The maximum Gasteiger partial charge on any atom is 0.124 e. The van der Waals surface area contributed by atoms with Gasteiger partial charge < -0.3 is 5.32 Å². The third kappa shape index (κ3) is 3.38. The largest absolute Gasteiger partial charge is 0.304 e. The van der Waals surface area contributed by atoms with Gasteiger partial charge in [-0.25, -0.2) is 4.39 Å². The van der Waals surface area contributed by atoms with E-state index in [2.05, 4.69) is 31.3 Å². The number of benzene rings is 2. The van der Waals surface area contributed by atoms with Crippen molar-refractivity contribution in [2.24, 2.45) is 0 Å². The molecule has 0 aliphatic carbocycles. The summed E-state index contributed by atoms with van der Waals surface area (Å²) in [6.45, 7) is 6.26. The van der Waals surface area contributed by atoms with Crippen LogP contribution in [0.4, 0.5) is 4.39 Å². The highest BCUT2D eigenvalue weighted by Gasteiger charge is 2.15. The molecule has 0 amide bonds. The van der Waals surface area contributed by atoms with E-state index >= 15 is 0 Å². The first-order valence-corrected chi connectivity index (χ1v) is 7.13. The minimum atomic E-state index is -0.307. The van der Waals surface area contributed by atoms with Crippen molar-refractivity contribution >= 4 is 11.6 Å². The zero-order chi connectivity index (χ0) is 14.7. The summed E-state index contributed by atoms with van der Waals surface area (Å²) in [5, 5.41) is 3.97. The van der Waals surface area contributed by atoms with E-state index in [0.717, 1.165) is 5.56 Å². The average Bonchev–Trinajstić information content (AvgIpc) is 2.38. The molecule has 2 rings (SSSR count). The lowest BCUT2D eigenvalue weighted by Gasteiger charge is -2.22. The summed E-state index contributed by atoms with van der Waals surface area (Å²) in [6.07, 6.45) is 0. The molecule has 0 aliphatic rings. The van der Waals surface area contributed by atoms with Crippen LogP contribution < -0.4 is 5.32 Å². The number of nitrogens with one attached hydrogen (secondary N) is 1. The number of hydrogen-bond acceptors (Lipinski definition) is 1. The zero-order valence-corrected chi connectivity index (χ0v) is 12.7. The molecule has 0 radical (unpaired) electrons. The Morgan fingerprint density at radius 2 is 1.65 bits per heavy atom. The molecule has 1 N–H and O–H groups in total. The standard InChI is InChI=1S/C17H19ClFN/c1-11-6-4-5-7-15(11)12(2)20-13(3)16-9-8-14(19)10-17(16)18/h4-10,12-13,20H,1-3H3/t12-,13?/m0/s1. The summed E-state index contributed by atoms with van der Waals surface area (Å²) in [4.78, 5) is 0. The number of aryl methyl sites for hydroxylation is 1. The molecule has 106 valence electrons. The van der Waals surface area contributed by atoms with Crippen LogP contribution in [0.2, 0.25) is 5.02 Å². The van der Waals surface area contributed by atoms with Crippen LogP contribution in [-0.2, 0) is 0 Å². The molecule has 0 saturated heterocycles. The maximum atomic E-state index is 13.1. The van der Waals surface area contributed by atoms with Gasteiger partial charge in [0.1, 0.15) is 5.82 Å². The fourth-order valence-electron chi connectivity index (χ4n) is 2.48. The third-order valence-electron chi connectivity index (χ3n) is 3.58. The van der Waals surface area contributed by atoms with Crippen molar-refractivity contribution in [3.05, 3.63) is 70.0 Å². The van der Waals surface area contributed by atoms with Crippen molar-refractivity contribution < 1.29 is 4.39 Å². The van der Waals surface area contributed by atoms with Crippen molar-refractivity contribution in [1.29, 1.82) is 0 Å². The van der Waals surface area contributed by atoms with Crippen LogP contribution in [0.5, 0.6) is 0 Å². The van der Waals surface area contributed by atoms with Crippen molar-refractivity contribution in [2.75, 3.05) is 0 Å². The van der Waals surface area contributed by atoms with E-state index in [1.165, 1.54) is 23.3 Å². The molecular weight excluding hydrogens is 273 g/mol. The second-order valence-corrected chi connectivity index (χ2v) is 5.54. The summed E-state index contributed by atoms with van der Waals surface area (Å²) < 4.78 is 13.1. The van der Waals surface area contributed by atoms with Gasteiger partial charge in [0.05, 0.1) is 0 Å². The topological polar surface area (TPSA) is 12.0 Å². The maximum absolute atomic E-state index is 13.1. The van der Waals surface area contributed by atoms with Gasteiger partial charge >= 0.3 is 0 Å². The van der Waals surface area contributed by atoms with E-state index < -0.39 is 0 Å². The Hall–Kier alpha value is -1.38. The van der Waals surface area contributed by atoms with Gasteiger partial charge in [-0.15, -0.1) is 0 Å². The molecular formula is C17H19ClFN. The Morgan fingerprint density at radius 3 is 2.30 bits per heavy atom. The normalized spacial score (nSPS) is 14.1. The molecule has 2 atom stereocenters. The van der Waals surface area contributed by atoms with Gasteiger partial charge in [-0.2, -0.15) is 0 Å². The number of rotatable bonds is 4. The summed E-state index contributed by atoms with van der Waals surface area (Å²) in [5.41, 5.74) is 3.43.